The van der Waals surface area contributed by atoms with Crippen LogP contribution < -0.4 is 14.5 Å². The van der Waals surface area contributed by atoms with E-state index in [1.165, 1.54) is 12.1 Å². The zero-order chi connectivity index (χ0) is 22.9. The number of aromatic nitrogens is 2. The summed E-state index contributed by atoms with van der Waals surface area (Å²) in [7, 11) is 0. The Morgan fingerprint density at radius 3 is 2.44 bits per heavy atom. The zero-order valence-electron chi connectivity index (χ0n) is 17.0. The van der Waals surface area contributed by atoms with Crippen LogP contribution in [-0.2, 0) is 4.79 Å². The van der Waals surface area contributed by atoms with Gasteiger partial charge in [-0.3, -0.25) is 4.79 Å². The number of carbonyl (C=O) groups is 1. The smallest absolute Gasteiger partial charge is 0.304 e. The maximum Gasteiger partial charge on any atom is 0.304 e. The van der Waals surface area contributed by atoms with E-state index in [0.29, 0.717) is 56.7 Å². The van der Waals surface area contributed by atoms with E-state index in [9.17, 15) is 26.7 Å². The van der Waals surface area contributed by atoms with E-state index in [2.05, 4.69) is 14.7 Å². The monoisotopic (exact) mass is 456 g/mol. The van der Waals surface area contributed by atoms with Crippen molar-refractivity contribution in [3.63, 3.8) is 0 Å². The standard InChI is InChI=1S/C21H21F5N4O2/c22-14-4-3-13(10-15(14)23)30-18(31)2-1-5-21(30)6-8-29(9-7-21)16-11-17(28-12-27-16)32-20(26)19(24)25/h3-4,10-12,19-20H,1-2,5-9H2. The molecule has 3 heterocycles. The Morgan fingerprint density at radius 2 is 1.75 bits per heavy atom. The van der Waals surface area contributed by atoms with E-state index >= 15 is 0 Å². The van der Waals surface area contributed by atoms with Crippen LogP contribution in [0.3, 0.4) is 0 Å². The van der Waals surface area contributed by atoms with Gasteiger partial charge in [0.1, 0.15) is 12.1 Å². The second kappa shape index (κ2) is 8.87. The molecular formula is C21H21F5N4O2. The molecule has 1 unspecified atom stereocenters. The van der Waals surface area contributed by atoms with Gasteiger partial charge in [0.2, 0.25) is 11.8 Å². The highest BCUT2D eigenvalue weighted by Crippen LogP contribution is 2.42. The van der Waals surface area contributed by atoms with E-state index in [-0.39, 0.29) is 11.8 Å². The molecule has 1 atom stereocenters. The molecule has 172 valence electrons. The predicted octanol–water partition coefficient (Wildman–Crippen LogP) is 4.25. The van der Waals surface area contributed by atoms with E-state index in [0.717, 1.165) is 18.5 Å². The zero-order valence-corrected chi connectivity index (χ0v) is 17.0. The van der Waals surface area contributed by atoms with Crippen LogP contribution in [0.1, 0.15) is 32.1 Å². The van der Waals surface area contributed by atoms with Gasteiger partial charge < -0.3 is 14.5 Å². The van der Waals surface area contributed by atoms with Crippen molar-refractivity contribution in [1.82, 2.24) is 9.97 Å². The number of rotatable bonds is 5. The van der Waals surface area contributed by atoms with Gasteiger partial charge in [-0.1, -0.05) is 0 Å². The number of hydrogen-bond acceptors (Lipinski definition) is 5. The summed E-state index contributed by atoms with van der Waals surface area (Å²) in [6, 6.07) is 4.73. The van der Waals surface area contributed by atoms with Gasteiger partial charge in [-0.15, -0.1) is 0 Å². The average molecular weight is 456 g/mol. The molecule has 1 amide bonds. The normalized spacial score (nSPS) is 19.5. The number of anilines is 2. The molecule has 0 radical (unpaired) electrons. The van der Waals surface area contributed by atoms with Gasteiger partial charge in [0.15, 0.2) is 11.6 Å². The number of piperidine rings is 2. The Morgan fingerprint density at radius 1 is 1.00 bits per heavy atom. The van der Waals surface area contributed by atoms with Gasteiger partial charge in [0.05, 0.1) is 5.54 Å². The molecule has 11 heteroatoms. The minimum atomic E-state index is -3.30. The molecular weight excluding hydrogens is 435 g/mol. The number of nitrogens with zero attached hydrogens (tertiary/aromatic N) is 4. The fourth-order valence-electron chi connectivity index (χ4n) is 4.46. The Hall–Kier alpha value is -2.98. The van der Waals surface area contributed by atoms with Crippen LogP contribution in [0.4, 0.5) is 33.5 Å². The molecule has 2 aliphatic rings. The van der Waals surface area contributed by atoms with Gasteiger partial charge in [0, 0.05) is 37.3 Å². The van der Waals surface area contributed by atoms with Crippen LogP contribution in [0, 0.1) is 11.6 Å². The topological polar surface area (TPSA) is 58.6 Å². The van der Waals surface area contributed by atoms with Crippen LogP contribution in [0.5, 0.6) is 5.88 Å². The maximum atomic E-state index is 13.9. The van der Waals surface area contributed by atoms with Crippen LogP contribution in [0.25, 0.3) is 0 Å². The van der Waals surface area contributed by atoms with Crippen LogP contribution in [0.2, 0.25) is 0 Å². The third kappa shape index (κ3) is 4.33. The van der Waals surface area contributed by atoms with Gasteiger partial charge >= 0.3 is 6.43 Å². The highest BCUT2D eigenvalue weighted by molar-refractivity contribution is 5.95. The molecule has 4 rings (SSSR count). The van der Waals surface area contributed by atoms with Crippen LogP contribution >= 0.6 is 0 Å². The quantitative estimate of drug-likeness (QED) is 0.630. The SMILES string of the molecule is O=C1CCCC2(CCN(c3cc(OC(F)C(F)F)ncn3)CC2)N1c1ccc(F)c(F)c1. The van der Waals surface area contributed by atoms with E-state index in [4.69, 9.17) is 0 Å². The summed E-state index contributed by atoms with van der Waals surface area (Å²) in [5.41, 5.74) is -0.233. The lowest BCUT2D eigenvalue weighted by Gasteiger charge is -2.51. The summed E-state index contributed by atoms with van der Waals surface area (Å²) in [4.78, 5) is 24.0. The van der Waals surface area contributed by atoms with Crippen molar-refractivity contribution in [1.29, 1.82) is 0 Å². The van der Waals surface area contributed by atoms with Gasteiger partial charge in [-0.05, 0) is 37.8 Å². The lowest BCUT2D eigenvalue weighted by atomic mass is 9.78. The number of carbonyl (C=O) groups excluding carboxylic acids is 1. The molecule has 2 aromatic rings. The van der Waals surface area contributed by atoms with Crippen LogP contribution in [-0.4, -0.2) is 47.3 Å². The van der Waals surface area contributed by atoms with Crippen molar-refractivity contribution < 1.29 is 31.5 Å². The van der Waals surface area contributed by atoms with Crippen molar-refractivity contribution >= 4 is 17.4 Å². The van der Waals surface area contributed by atoms with Crippen molar-refractivity contribution in [2.75, 3.05) is 22.9 Å². The first-order valence-corrected chi connectivity index (χ1v) is 10.2. The first-order valence-electron chi connectivity index (χ1n) is 10.2. The summed E-state index contributed by atoms with van der Waals surface area (Å²) in [5, 5.41) is 0. The lowest BCUT2D eigenvalue weighted by Crippen LogP contribution is -2.60. The van der Waals surface area contributed by atoms with E-state index in [1.54, 1.807) is 4.90 Å². The van der Waals surface area contributed by atoms with Crippen molar-refractivity contribution in [2.24, 2.45) is 0 Å². The number of alkyl halides is 3. The summed E-state index contributed by atoms with van der Waals surface area (Å²) >= 11 is 0. The first kappa shape index (κ1) is 22.2. The third-order valence-electron chi connectivity index (χ3n) is 6.00. The minimum absolute atomic E-state index is 0.144. The predicted molar refractivity (Wildman–Crippen MR) is 105 cm³/mol. The second-order valence-corrected chi connectivity index (χ2v) is 7.91. The Kier molecular flexibility index (Phi) is 6.16. The highest BCUT2D eigenvalue weighted by Gasteiger charge is 2.45. The number of ether oxygens (including phenoxy) is 1. The summed E-state index contributed by atoms with van der Waals surface area (Å²) < 4.78 is 69.8. The maximum absolute atomic E-state index is 13.9. The molecule has 2 aliphatic heterocycles. The van der Waals surface area contributed by atoms with Crippen LogP contribution in [0.15, 0.2) is 30.6 Å². The summed E-state index contributed by atoms with van der Waals surface area (Å²) in [5.74, 6) is -2.07. The number of benzene rings is 1. The molecule has 1 spiro atoms. The molecule has 0 N–H and O–H groups in total. The van der Waals surface area contributed by atoms with Crippen molar-refractivity contribution in [3.05, 3.63) is 42.2 Å². The molecule has 2 saturated heterocycles. The van der Waals surface area contributed by atoms with Crippen molar-refractivity contribution in [3.8, 4) is 5.88 Å². The molecule has 2 fully saturated rings. The second-order valence-electron chi connectivity index (χ2n) is 7.91. The Labute approximate surface area is 181 Å². The number of hydrogen-bond donors (Lipinski definition) is 0. The molecule has 0 aliphatic carbocycles. The highest BCUT2D eigenvalue weighted by atomic mass is 19.3. The molecule has 1 aromatic carbocycles. The lowest BCUT2D eigenvalue weighted by molar-refractivity contribution is -0.121. The molecule has 0 saturated carbocycles. The Bertz CT molecular complexity index is 984. The molecule has 1 aromatic heterocycles. The third-order valence-corrected chi connectivity index (χ3v) is 6.00. The van der Waals surface area contributed by atoms with Gasteiger partial charge in [-0.25, -0.2) is 27.5 Å². The van der Waals surface area contributed by atoms with E-state index < -0.39 is 30.0 Å². The fraction of sp³-hybridized carbons (Fsp3) is 0.476. The Balaban J connectivity index is 1.52. The largest absolute Gasteiger partial charge is 0.437 e. The number of amides is 1. The molecule has 0 bridgehead atoms. The van der Waals surface area contributed by atoms with E-state index in [1.807, 2.05) is 4.90 Å². The summed E-state index contributed by atoms with van der Waals surface area (Å²) in [6.45, 7) is 0.912. The number of halogens is 5. The first-order chi connectivity index (χ1) is 15.3. The van der Waals surface area contributed by atoms with Crippen molar-refractivity contribution in [2.45, 2.75) is 50.4 Å². The summed E-state index contributed by atoms with van der Waals surface area (Å²) in [6.07, 6.45) is -2.20. The van der Waals surface area contributed by atoms with Gasteiger partial charge in [-0.2, -0.15) is 4.39 Å². The molecule has 32 heavy (non-hydrogen) atoms. The van der Waals surface area contributed by atoms with Gasteiger partial charge in [0.25, 0.3) is 6.36 Å². The average Bonchev–Trinajstić information content (AvgIpc) is 2.77. The minimum Gasteiger partial charge on any atom is -0.437 e. The fourth-order valence-corrected chi connectivity index (χ4v) is 4.46. The molecule has 6 nitrogen and oxygen atoms in total.